The number of hydrogen-bond acceptors (Lipinski definition) is 4. The van der Waals surface area contributed by atoms with Gasteiger partial charge in [0.1, 0.15) is 5.82 Å². The van der Waals surface area contributed by atoms with Crippen molar-refractivity contribution in [3.63, 3.8) is 0 Å². The van der Waals surface area contributed by atoms with E-state index in [-0.39, 0.29) is 5.82 Å². The molecular formula is C8H5FN4O2. The predicted octanol–water partition coefficient (Wildman–Crippen LogP) is 0.500. The summed E-state index contributed by atoms with van der Waals surface area (Å²) >= 11 is 0. The first-order chi connectivity index (χ1) is 7.18. The SMILES string of the molecule is O=C(O)c1nnnn1-c1ccc(F)cc1. The minimum Gasteiger partial charge on any atom is -0.475 e. The fourth-order valence-corrected chi connectivity index (χ4v) is 1.08. The Morgan fingerprint density at radius 3 is 2.60 bits per heavy atom. The molecule has 1 N–H and O–H groups in total. The van der Waals surface area contributed by atoms with Crippen LogP contribution in [0, 0.1) is 5.82 Å². The molecule has 2 rings (SSSR count). The number of carbonyl (C=O) groups is 1. The van der Waals surface area contributed by atoms with Gasteiger partial charge in [-0.3, -0.25) is 0 Å². The quantitative estimate of drug-likeness (QED) is 0.777. The van der Waals surface area contributed by atoms with E-state index in [1.807, 2.05) is 0 Å². The molecule has 7 heteroatoms. The number of benzene rings is 1. The van der Waals surface area contributed by atoms with E-state index in [0.29, 0.717) is 5.69 Å². The topological polar surface area (TPSA) is 80.9 Å². The van der Waals surface area contributed by atoms with Crippen LogP contribution in [0.15, 0.2) is 24.3 Å². The molecule has 1 aromatic heterocycles. The van der Waals surface area contributed by atoms with Crippen LogP contribution in [-0.2, 0) is 0 Å². The molecule has 2 aromatic rings. The average Bonchev–Trinajstić information content (AvgIpc) is 2.67. The first-order valence-corrected chi connectivity index (χ1v) is 3.96. The fraction of sp³-hybridized carbons (Fsp3) is 0. The summed E-state index contributed by atoms with van der Waals surface area (Å²) in [5.74, 6) is -1.98. The summed E-state index contributed by atoms with van der Waals surface area (Å²) in [5.41, 5.74) is 0.388. The van der Waals surface area contributed by atoms with E-state index < -0.39 is 11.8 Å². The molecule has 0 atom stereocenters. The zero-order valence-corrected chi connectivity index (χ0v) is 7.33. The highest BCUT2D eigenvalue weighted by Gasteiger charge is 2.14. The van der Waals surface area contributed by atoms with Gasteiger partial charge in [0, 0.05) is 0 Å². The van der Waals surface area contributed by atoms with Crippen LogP contribution in [0.2, 0.25) is 0 Å². The molecule has 0 aliphatic heterocycles. The number of aromatic carboxylic acids is 1. The number of tetrazole rings is 1. The van der Waals surface area contributed by atoms with Crippen molar-refractivity contribution in [3.05, 3.63) is 35.9 Å². The second-order valence-electron chi connectivity index (χ2n) is 2.70. The van der Waals surface area contributed by atoms with Gasteiger partial charge < -0.3 is 5.11 Å². The minimum absolute atomic E-state index is 0.318. The monoisotopic (exact) mass is 208 g/mol. The molecular weight excluding hydrogens is 203 g/mol. The normalized spacial score (nSPS) is 10.2. The number of hydrogen-bond donors (Lipinski definition) is 1. The highest BCUT2D eigenvalue weighted by atomic mass is 19.1. The maximum atomic E-state index is 12.6. The Kier molecular flexibility index (Phi) is 2.13. The first kappa shape index (κ1) is 9.25. The number of carboxylic acid groups (broad SMARTS) is 1. The zero-order chi connectivity index (χ0) is 10.8. The number of nitrogens with zero attached hydrogens (tertiary/aromatic N) is 4. The van der Waals surface area contributed by atoms with Gasteiger partial charge in [-0.1, -0.05) is 0 Å². The molecule has 0 spiro atoms. The van der Waals surface area contributed by atoms with E-state index in [0.717, 1.165) is 4.68 Å². The third-order valence-corrected chi connectivity index (χ3v) is 1.73. The number of aromatic nitrogens is 4. The Hall–Kier alpha value is -2.31. The molecule has 0 aliphatic rings. The molecule has 1 aromatic carbocycles. The summed E-state index contributed by atoms with van der Waals surface area (Å²) in [7, 11) is 0. The highest BCUT2D eigenvalue weighted by molar-refractivity contribution is 5.83. The van der Waals surface area contributed by atoms with Crippen LogP contribution in [-0.4, -0.2) is 31.3 Å². The van der Waals surface area contributed by atoms with Crippen LogP contribution in [0.25, 0.3) is 5.69 Å². The van der Waals surface area contributed by atoms with Gasteiger partial charge in [-0.05, 0) is 34.7 Å². The summed E-state index contributed by atoms with van der Waals surface area (Å²) in [6, 6.07) is 5.17. The smallest absolute Gasteiger partial charge is 0.376 e. The van der Waals surface area contributed by atoms with Crippen LogP contribution < -0.4 is 0 Å². The Morgan fingerprint density at radius 1 is 1.33 bits per heavy atom. The Labute approximate surface area is 83.0 Å². The minimum atomic E-state index is -1.25. The molecule has 0 fully saturated rings. The van der Waals surface area contributed by atoms with Crippen molar-refractivity contribution < 1.29 is 14.3 Å². The second-order valence-corrected chi connectivity index (χ2v) is 2.70. The third-order valence-electron chi connectivity index (χ3n) is 1.73. The van der Waals surface area contributed by atoms with E-state index in [1.165, 1.54) is 24.3 Å². The number of halogens is 1. The number of rotatable bonds is 2. The standard InChI is InChI=1S/C8H5FN4O2/c9-5-1-3-6(4-2-5)13-7(8(14)15)10-11-12-13/h1-4H,(H,14,15). The lowest BCUT2D eigenvalue weighted by atomic mass is 10.3. The first-order valence-electron chi connectivity index (χ1n) is 3.96. The van der Waals surface area contributed by atoms with Gasteiger partial charge >= 0.3 is 5.97 Å². The Bertz CT molecular complexity index is 494. The average molecular weight is 208 g/mol. The van der Waals surface area contributed by atoms with Crippen molar-refractivity contribution in [1.82, 2.24) is 20.2 Å². The van der Waals surface area contributed by atoms with Gasteiger partial charge in [-0.15, -0.1) is 5.10 Å². The highest BCUT2D eigenvalue weighted by Crippen LogP contribution is 2.08. The van der Waals surface area contributed by atoms with Crippen LogP contribution in [0.5, 0.6) is 0 Å². The zero-order valence-electron chi connectivity index (χ0n) is 7.33. The maximum Gasteiger partial charge on any atom is 0.376 e. The molecule has 0 radical (unpaired) electrons. The predicted molar refractivity (Wildman–Crippen MR) is 46.1 cm³/mol. The van der Waals surface area contributed by atoms with Crippen LogP contribution >= 0.6 is 0 Å². The largest absolute Gasteiger partial charge is 0.475 e. The van der Waals surface area contributed by atoms with Crippen molar-refractivity contribution in [2.24, 2.45) is 0 Å². The fourth-order valence-electron chi connectivity index (χ4n) is 1.08. The van der Waals surface area contributed by atoms with Crippen LogP contribution in [0.1, 0.15) is 10.6 Å². The molecule has 0 saturated heterocycles. The van der Waals surface area contributed by atoms with Crippen molar-refractivity contribution >= 4 is 5.97 Å². The Balaban J connectivity index is 2.49. The summed E-state index contributed by atoms with van der Waals surface area (Å²) in [5, 5.41) is 18.8. The Morgan fingerprint density at radius 2 is 2.00 bits per heavy atom. The van der Waals surface area contributed by atoms with E-state index in [2.05, 4.69) is 15.5 Å². The second kappa shape index (κ2) is 3.45. The van der Waals surface area contributed by atoms with Gasteiger partial charge in [-0.2, -0.15) is 4.68 Å². The number of carboxylic acids is 1. The van der Waals surface area contributed by atoms with Crippen LogP contribution in [0.3, 0.4) is 0 Å². The molecule has 0 bridgehead atoms. The van der Waals surface area contributed by atoms with Gasteiger partial charge in [0.2, 0.25) is 0 Å². The van der Waals surface area contributed by atoms with Gasteiger partial charge in [0.05, 0.1) is 5.69 Å². The van der Waals surface area contributed by atoms with Crippen molar-refractivity contribution in [2.45, 2.75) is 0 Å². The van der Waals surface area contributed by atoms with E-state index in [1.54, 1.807) is 0 Å². The molecule has 1 heterocycles. The van der Waals surface area contributed by atoms with E-state index in [4.69, 9.17) is 5.11 Å². The summed E-state index contributed by atoms with van der Waals surface area (Å²) in [4.78, 5) is 10.7. The van der Waals surface area contributed by atoms with Crippen molar-refractivity contribution in [3.8, 4) is 5.69 Å². The molecule has 15 heavy (non-hydrogen) atoms. The summed E-state index contributed by atoms with van der Waals surface area (Å²) in [6.45, 7) is 0. The molecule has 0 amide bonds. The summed E-state index contributed by atoms with van der Waals surface area (Å²) in [6.07, 6.45) is 0. The van der Waals surface area contributed by atoms with Gasteiger partial charge in [-0.25, -0.2) is 9.18 Å². The lowest BCUT2D eigenvalue weighted by molar-refractivity contribution is 0.0680. The lowest BCUT2D eigenvalue weighted by Gasteiger charge is -2.00. The molecule has 0 saturated carbocycles. The molecule has 0 aliphatic carbocycles. The van der Waals surface area contributed by atoms with Gasteiger partial charge in [0.25, 0.3) is 5.82 Å². The van der Waals surface area contributed by atoms with E-state index >= 15 is 0 Å². The van der Waals surface area contributed by atoms with Gasteiger partial charge in [0.15, 0.2) is 0 Å². The van der Waals surface area contributed by atoms with E-state index in [9.17, 15) is 9.18 Å². The third kappa shape index (κ3) is 1.66. The summed E-state index contributed by atoms with van der Waals surface area (Å²) < 4.78 is 13.6. The molecule has 0 unspecified atom stereocenters. The van der Waals surface area contributed by atoms with Crippen LogP contribution in [0.4, 0.5) is 4.39 Å². The van der Waals surface area contributed by atoms with Crippen molar-refractivity contribution in [2.75, 3.05) is 0 Å². The lowest BCUT2D eigenvalue weighted by Crippen LogP contribution is -2.09. The molecule has 6 nitrogen and oxygen atoms in total. The maximum absolute atomic E-state index is 12.6. The molecule has 76 valence electrons. The van der Waals surface area contributed by atoms with Crippen molar-refractivity contribution in [1.29, 1.82) is 0 Å².